The SMILES string of the molecule is Nn1c(SCC(=O)Nc2ccc(Br)cc2Cl)nnc1-c1ccccc1. The second kappa shape index (κ2) is 7.90. The number of carbonyl (C=O) groups excluding carboxylic acids is 1. The Morgan fingerprint density at radius 3 is 2.72 bits per heavy atom. The predicted molar refractivity (Wildman–Crippen MR) is 104 cm³/mol. The molecular formula is C16H13BrClN5OS. The molecule has 0 atom stereocenters. The standard InChI is InChI=1S/C16H13BrClN5OS/c17-11-6-7-13(12(18)8-11)20-14(24)9-25-16-22-21-15(23(16)19)10-4-2-1-3-5-10/h1-8H,9,19H2,(H,20,24). The first-order chi connectivity index (χ1) is 12.0. The van der Waals surface area contributed by atoms with Gasteiger partial charge in [0.05, 0.1) is 16.5 Å². The minimum Gasteiger partial charge on any atom is -0.335 e. The van der Waals surface area contributed by atoms with Gasteiger partial charge in [0, 0.05) is 10.0 Å². The first-order valence-electron chi connectivity index (χ1n) is 7.18. The third kappa shape index (κ3) is 4.33. The van der Waals surface area contributed by atoms with Crippen molar-refractivity contribution in [3.63, 3.8) is 0 Å². The van der Waals surface area contributed by atoms with Crippen molar-refractivity contribution in [1.82, 2.24) is 14.9 Å². The lowest BCUT2D eigenvalue weighted by molar-refractivity contribution is -0.113. The number of carbonyl (C=O) groups is 1. The number of halogens is 2. The number of nitrogens with zero attached hydrogens (tertiary/aromatic N) is 3. The minimum atomic E-state index is -0.210. The first kappa shape index (κ1) is 17.8. The van der Waals surface area contributed by atoms with Crippen LogP contribution in [0.4, 0.5) is 5.69 Å². The monoisotopic (exact) mass is 437 g/mol. The van der Waals surface area contributed by atoms with Gasteiger partial charge in [-0.05, 0) is 18.2 Å². The molecule has 3 rings (SSSR count). The highest BCUT2D eigenvalue weighted by Gasteiger charge is 2.14. The van der Waals surface area contributed by atoms with E-state index < -0.39 is 0 Å². The van der Waals surface area contributed by atoms with Crippen LogP contribution in [0, 0.1) is 0 Å². The summed E-state index contributed by atoms with van der Waals surface area (Å²) in [6.45, 7) is 0. The van der Waals surface area contributed by atoms with E-state index in [1.54, 1.807) is 18.2 Å². The molecule has 3 aromatic rings. The Bertz CT molecular complexity index is 903. The highest BCUT2D eigenvalue weighted by molar-refractivity contribution is 9.10. The van der Waals surface area contributed by atoms with Gasteiger partial charge in [-0.3, -0.25) is 4.79 Å². The molecule has 3 N–H and O–H groups in total. The van der Waals surface area contributed by atoms with Gasteiger partial charge in [-0.15, -0.1) is 10.2 Å². The van der Waals surface area contributed by atoms with Gasteiger partial charge in [-0.2, -0.15) is 0 Å². The summed E-state index contributed by atoms with van der Waals surface area (Å²) < 4.78 is 2.22. The van der Waals surface area contributed by atoms with Crippen LogP contribution in [0.2, 0.25) is 5.02 Å². The lowest BCUT2D eigenvalue weighted by Gasteiger charge is -2.07. The Kier molecular flexibility index (Phi) is 5.62. The summed E-state index contributed by atoms with van der Waals surface area (Å²) in [7, 11) is 0. The molecule has 0 aliphatic rings. The fraction of sp³-hybridized carbons (Fsp3) is 0.0625. The fourth-order valence-electron chi connectivity index (χ4n) is 2.07. The van der Waals surface area contributed by atoms with E-state index in [0.717, 1.165) is 10.0 Å². The summed E-state index contributed by atoms with van der Waals surface area (Å²) >= 11 is 10.6. The van der Waals surface area contributed by atoms with Gasteiger partial charge < -0.3 is 11.2 Å². The average molecular weight is 439 g/mol. The number of nitrogen functional groups attached to an aromatic ring is 1. The summed E-state index contributed by atoms with van der Waals surface area (Å²) in [6, 6.07) is 14.7. The summed E-state index contributed by atoms with van der Waals surface area (Å²) in [5.74, 6) is 6.49. The molecule has 9 heteroatoms. The summed E-state index contributed by atoms with van der Waals surface area (Å²) in [6.07, 6.45) is 0. The lowest BCUT2D eigenvalue weighted by Crippen LogP contribution is -2.16. The third-order valence-corrected chi connectivity index (χ3v) is 4.98. The van der Waals surface area contributed by atoms with Crippen LogP contribution in [0.3, 0.4) is 0 Å². The molecule has 6 nitrogen and oxygen atoms in total. The Labute approximate surface area is 161 Å². The second-order valence-electron chi connectivity index (χ2n) is 5.00. The van der Waals surface area contributed by atoms with Gasteiger partial charge in [-0.25, -0.2) is 4.68 Å². The molecule has 128 valence electrons. The number of anilines is 1. The number of hydrogen-bond donors (Lipinski definition) is 2. The second-order valence-corrected chi connectivity index (χ2v) is 7.27. The predicted octanol–water partition coefficient (Wildman–Crippen LogP) is 3.81. The third-order valence-electron chi connectivity index (χ3n) is 3.23. The smallest absolute Gasteiger partial charge is 0.234 e. The number of benzene rings is 2. The summed E-state index contributed by atoms with van der Waals surface area (Å²) in [4.78, 5) is 12.1. The van der Waals surface area contributed by atoms with E-state index in [9.17, 15) is 4.79 Å². The van der Waals surface area contributed by atoms with Crippen LogP contribution in [0.1, 0.15) is 0 Å². The Balaban J connectivity index is 1.64. The zero-order valence-corrected chi connectivity index (χ0v) is 16.0. The van der Waals surface area contributed by atoms with Crippen LogP contribution < -0.4 is 11.2 Å². The maximum absolute atomic E-state index is 12.1. The Morgan fingerprint density at radius 2 is 2.00 bits per heavy atom. The number of hydrogen-bond acceptors (Lipinski definition) is 5. The molecule has 1 aromatic heterocycles. The molecule has 0 unspecified atom stereocenters. The fourth-order valence-corrected chi connectivity index (χ4v) is 3.44. The topological polar surface area (TPSA) is 85.8 Å². The molecule has 0 radical (unpaired) electrons. The number of rotatable bonds is 5. The van der Waals surface area contributed by atoms with Crippen LogP contribution in [-0.4, -0.2) is 26.5 Å². The molecular weight excluding hydrogens is 426 g/mol. The van der Waals surface area contributed by atoms with Crippen molar-refractivity contribution in [2.75, 3.05) is 16.9 Å². The molecule has 1 amide bonds. The average Bonchev–Trinajstić information content (AvgIpc) is 2.97. The van der Waals surface area contributed by atoms with Crippen LogP contribution in [0.25, 0.3) is 11.4 Å². The van der Waals surface area contributed by atoms with Gasteiger partial charge in [0.2, 0.25) is 11.1 Å². The lowest BCUT2D eigenvalue weighted by atomic mass is 10.2. The summed E-state index contributed by atoms with van der Waals surface area (Å²) in [5, 5.41) is 11.8. The Morgan fingerprint density at radius 1 is 1.24 bits per heavy atom. The van der Waals surface area contributed by atoms with E-state index in [1.165, 1.54) is 16.4 Å². The molecule has 1 heterocycles. The molecule has 0 aliphatic heterocycles. The highest BCUT2D eigenvalue weighted by atomic mass is 79.9. The van der Waals surface area contributed by atoms with E-state index in [2.05, 4.69) is 31.4 Å². The quantitative estimate of drug-likeness (QED) is 0.467. The van der Waals surface area contributed by atoms with E-state index >= 15 is 0 Å². The first-order valence-corrected chi connectivity index (χ1v) is 9.34. The molecule has 0 saturated carbocycles. The van der Waals surface area contributed by atoms with Gasteiger partial charge in [0.25, 0.3) is 0 Å². The van der Waals surface area contributed by atoms with E-state index in [1.807, 2.05) is 30.3 Å². The number of nitrogens with two attached hydrogens (primary N) is 1. The number of nitrogens with one attached hydrogen (secondary N) is 1. The van der Waals surface area contributed by atoms with Crippen molar-refractivity contribution in [3.8, 4) is 11.4 Å². The van der Waals surface area contributed by atoms with Crippen LogP contribution in [0.15, 0.2) is 58.2 Å². The van der Waals surface area contributed by atoms with Crippen LogP contribution in [-0.2, 0) is 4.79 Å². The zero-order valence-electron chi connectivity index (χ0n) is 12.8. The van der Waals surface area contributed by atoms with E-state index in [-0.39, 0.29) is 11.7 Å². The van der Waals surface area contributed by atoms with Crippen molar-refractivity contribution in [3.05, 3.63) is 58.0 Å². The Hall–Kier alpha value is -2.03. The van der Waals surface area contributed by atoms with E-state index in [4.69, 9.17) is 17.4 Å². The van der Waals surface area contributed by atoms with Crippen molar-refractivity contribution in [2.24, 2.45) is 0 Å². The molecule has 0 aliphatic carbocycles. The number of amides is 1. The van der Waals surface area contributed by atoms with Crippen molar-refractivity contribution in [2.45, 2.75) is 5.16 Å². The van der Waals surface area contributed by atoms with E-state index in [0.29, 0.717) is 21.7 Å². The van der Waals surface area contributed by atoms with Crippen molar-refractivity contribution in [1.29, 1.82) is 0 Å². The summed E-state index contributed by atoms with van der Waals surface area (Å²) in [5.41, 5.74) is 1.41. The molecule has 0 bridgehead atoms. The number of thioether (sulfide) groups is 1. The molecule has 0 saturated heterocycles. The van der Waals surface area contributed by atoms with Crippen LogP contribution in [0.5, 0.6) is 0 Å². The van der Waals surface area contributed by atoms with Crippen molar-refractivity contribution < 1.29 is 4.79 Å². The zero-order chi connectivity index (χ0) is 17.8. The minimum absolute atomic E-state index is 0.135. The maximum atomic E-state index is 12.1. The van der Waals surface area contributed by atoms with Gasteiger partial charge in [-0.1, -0.05) is 69.6 Å². The van der Waals surface area contributed by atoms with Crippen molar-refractivity contribution >= 4 is 50.9 Å². The molecule has 25 heavy (non-hydrogen) atoms. The van der Waals surface area contributed by atoms with Crippen LogP contribution >= 0.6 is 39.3 Å². The maximum Gasteiger partial charge on any atom is 0.234 e. The molecule has 0 fully saturated rings. The number of aromatic nitrogens is 3. The van der Waals surface area contributed by atoms with Gasteiger partial charge in [0.1, 0.15) is 0 Å². The molecule has 0 spiro atoms. The van der Waals surface area contributed by atoms with Gasteiger partial charge >= 0.3 is 0 Å². The molecule has 2 aromatic carbocycles. The van der Waals surface area contributed by atoms with Gasteiger partial charge in [0.15, 0.2) is 5.82 Å². The normalized spacial score (nSPS) is 10.6. The largest absolute Gasteiger partial charge is 0.335 e. The highest BCUT2D eigenvalue weighted by Crippen LogP contribution is 2.26.